The van der Waals surface area contributed by atoms with Gasteiger partial charge in [0, 0.05) is 12.1 Å². The summed E-state index contributed by atoms with van der Waals surface area (Å²) in [4.78, 5) is 22.8. The largest absolute Gasteiger partial charge is 0.399 e. The normalized spacial score (nSPS) is 17.4. The molecule has 106 valence electrons. The van der Waals surface area contributed by atoms with Gasteiger partial charge >= 0.3 is 6.03 Å². The van der Waals surface area contributed by atoms with Crippen molar-refractivity contribution < 1.29 is 9.59 Å². The second kappa shape index (κ2) is 5.28. The number of nitrogen functional groups attached to an aromatic ring is 1. The first kappa shape index (κ1) is 13.2. The second-order valence-electron chi connectivity index (χ2n) is 5.00. The molecule has 3 rings (SSSR count). The van der Waals surface area contributed by atoms with E-state index in [-0.39, 0.29) is 5.91 Å². The number of imide groups is 1. The van der Waals surface area contributed by atoms with Crippen molar-refractivity contribution in [1.82, 2.24) is 10.6 Å². The fraction of sp³-hybridized carbons (Fsp3) is 0.125. The molecule has 1 fully saturated rings. The number of rotatable bonds is 3. The van der Waals surface area contributed by atoms with Crippen molar-refractivity contribution in [3.63, 3.8) is 0 Å². The van der Waals surface area contributed by atoms with Crippen molar-refractivity contribution in [1.29, 1.82) is 0 Å². The van der Waals surface area contributed by atoms with Crippen LogP contribution in [-0.4, -0.2) is 18.0 Å². The molecule has 4 N–H and O–H groups in total. The first-order valence-corrected chi connectivity index (χ1v) is 6.68. The van der Waals surface area contributed by atoms with E-state index >= 15 is 0 Å². The van der Waals surface area contributed by atoms with Crippen LogP contribution in [0.25, 0.3) is 11.1 Å². The highest BCUT2D eigenvalue weighted by atomic mass is 16.2. The van der Waals surface area contributed by atoms with E-state index in [2.05, 4.69) is 10.6 Å². The maximum absolute atomic E-state index is 11.6. The predicted octanol–water partition coefficient (Wildman–Crippen LogP) is 1.69. The molecule has 1 heterocycles. The summed E-state index contributed by atoms with van der Waals surface area (Å²) < 4.78 is 0. The van der Waals surface area contributed by atoms with E-state index in [0.717, 1.165) is 16.7 Å². The Hall–Kier alpha value is -2.82. The number of anilines is 1. The number of carbonyl (C=O) groups is 2. The quantitative estimate of drug-likeness (QED) is 0.591. The Bertz CT molecular complexity index is 698. The van der Waals surface area contributed by atoms with E-state index in [0.29, 0.717) is 12.1 Å². The maximum atomic E-state index is 11.6. The smallest absolute Gasteiger partial charge is 0.322 e. The van der Waals surface area contributed by atoms with Gasteiger partial charge in [-0.25, -0.2) is 4.79 Å². The Morgan fingerprint density at radius 1 is 1.00 bits per heavy atom. The summed E-state index contributed by atoms with van der Waals surface area (Å²) in [6, 6.07) is 14.6. The third-order valence-electron chi connectivity index (χ3n) is 3.53. The zero-order valence-corrected chi connectivity index (χ0v) is 11.3. The Labute approximate surface area is 122 Å². The molecule has 1 unspecified atom stereocenters. The first-order valence-electron chi connectivity index (χ1n) is 6.68. The van der Waals surface area contributed by atoms with Crippen LogP contribution in [0.4, 0.5) is 10.5 Å². The molecule has 21 heavy (non-hydrogen) atoms. The highest BCUT2D eigenvalue weighted by molar-refractivity contribution is 6.04. The van der Waals surface area contributed by atoms with Crippen molar-refractivity contribution in [2.75, 3.05) is 5.73 Å². The van der Waals surface area contributed by atoms with Crippen LogP contribution in [0.2, 0.25) is 0 Å². The molecule has 2 aromatic carbocycles. The number of nitrogens with one attached hydrogen (secondary N) is 2. The summed E-state index contributed by atoms with van der Waals surface area (Å²) >= 11 is 0. The lowest BCUT2D eigenvalue weighted by molar-refractivity contribution is -0.120. The first-order chi connectivity index (χ1) is 10.1. The number of hydrogen-bond donors (Lipinski definition) is 3. The maximum Gasteiger partial charge on any atom is 0.322 e. The number of nitrogens with two attached hydrogens (primary N) is 1. The molecule has 5 heteroatoms. The summed E-state index contributed by atoms with van der Waals surface area (Å²) in [5.41, 5.74) is 9.56. The third-order valence-corrected chi connectivity index (χ3v) is 3.53. The minimum atomic E-state index is -0.564. The summed E-state index contributed by atoms with van der Waals surface area (Å²) in [5.74, 6) is -0.315. The van der Waals surface area contributed by atoms with Crippen LogP contribution in [0.5, 0.6) is 0 Å². The zero-order chi connectivity index (χ0) is 14.8. The van der Waals surface area contributed by atoms with Crippen LogP contribution in [0.1, 0.15) is 5.56 Å². The van der Waals surface area contributed by atoms with E-state index in [9.17, 15) is 9.59 Å². The monoisotopic (exact) mass is 281 g/mol. The van der Waals surface area contributed by atoms with Crippen molar-refractivity contribution in [3.8, 4) is 11.1 Å². The fourth-order valence-corrected chi connectivity index (χ4v) is 2.42. The molecule has 0 bridgehead atoms. The van der Waals surface area contributed by atoms with E-state index < -0.39 is 12.1 Å². The molecular weight excluding hydrogens is 266 g/mol. The third kappa shape index (κ3) is 2.72. The number of hydrogen-bond acceptors (Lipinski definition) is 3. The summed E-state index contributed by atoms with van der Waals surface area (Å²) in [6.07, 6.45) is 0.379. The zero-order valence-electron chi connectivity index (χ0n) is 11.3. The lowest BCUT2D eigenvalue weighted by Gasteiger charge is -2.12. The summed E-state index contributed by atoms with van der Waals surface area (Å²) in [5, 5.41) is 4.81. The van der Waals surface area contributed by atoms with Crippen LogP contribution in [0.3, 0.4) is 0 Å². The van der Waals surface area contributed by atoms with Crippen molar-refractivity contribution in [3.05, 3.63) is 54.1 Å². The van der Waals surface area contributed by atoms with E-state index in [1.54, 1.807) is 0 Å². The van der Waals surface area contributed by atoms with Gasteiger partial charge in [0.05, 0.1) is 0 Å². The molecule has 0 aliphatic carbocycles. The molecule has 1 atom stereocenters. The lowest BCUT2D eigenvalue weighted by atomic mass is 9.98. The van der Waals surface area contributed by atoms with Gasteiger partial charge in [-0.2, -0.15) is 0 Å². The van der Waals surface area contributed by atoms with Gasteiger partial charge in [0.1, 0.15) is 6.04 Å². The van der Waals surface area contributed by atoms with E-state index in [1.165, 1.54) is 0 Å². The summed E-state index contributed by atoms with van der Waals surface area (Å²) in [6.45, 7) is 0. The average Bonchev–Trinajstić information content (AvgIpc) is 2.80. The molecule has 1 saturated heterocycles. The van der Waals surface area contributed by atoms with Gasteiger partial charge in [0.2, 0.25) is 0 Å². The number of urea groups is 1. The van der Waals surface area contributed by atoms with Crippen molar-refractivity contribution >= 4 is 17.6 Å². The molecule has 1 aliphatic rings. The number of carbonyl (C=O) groups excluding carboxylic acids is 2. The van der Waals surface area contributed by atoms with Crippen LogP contribution in [0, 0.1) is 0 Å². The molecule has 0 radical (unpaired) electrons. The molecule has 0 spiro atoms. The van der Waals surface area contributed by atoms with E-state index in [1.807, 2.05) is 48.5 Å². The van der Waals surface area contributed by atoms with Gasteiger partial charge in [0.25, 0.3) is 5.91 Å². The van der Waals surface area contributed by atoms with Crippen molar-refractivity contribution in [2.45, 2.75) is 12.5 Å². The average molecular weight is 281 g/mol. The van der Waals surface area contributed by atoms with E-state index in [4.69, 9.17) is 5.73 Å². The Morgan fingerprint density at radius 2 is 1.76 bits per heavy atom. The van der Waals surface area contributed by atoms with Gasteiger partial charge in [-0.05, 0) is 28.8 Å². The van der Waals surface area contributed by atoms with Crippen LogP contribution in [-0.2, 0) is 11.2 Å². The fourth-order valence-electron chi connectivity index (χ4n) is 2.42. The lowest BCUT2D eigenvalue weighted by Crippen LogP contribution is -2.31. The molecule has 0 aromatic heterocycles. The van der Waals surface area contributed by atoms with Crippen LogP contribution >= 0.6 is 0 Å². The van der Waals surface area contributed by atoms with Gasteiger partial charge in [0.15, 0.2) is 0 Å². The second-order valence-corrected chi connectivity index (χ2v) is 5.00. The molecular formula is C16H15N3O2. The minimum absolute atomic E-state index is 0.315. The molecule has 3 amide bonds. The van der Waals surface area contributed by atoms with Crippen LogP contribution in [0.15, 0.2) is 48.5 Å². The highest BCUT2D eigenvalue weighted by Gasteiger charge is 2.29. The Kier molecular flexibility index (Phi) is 3.31. The molecule has 0 saturated carbocycles. The highest BCUT2D eigenvalue weighted by Crippen LogP contribution is 2.24. The van der Waals surface area contributed by atoms with Gasteiger partial charge in [-0.1, -0.05) is 36.4 Å². The predicted molar refractivity (Wildman–Crippen MR) is 80.5 cm³/mol. The SMILES string of the molecule is Nc1ccc(-c2ccccc2)cc1CC1NC(=O)NC1=O. The van der Waals surface area contributed by atoms with Gasteiger partial charge < -0.3 is 11.1 Å². The topological polar surface area (TPSA) is 84.2 Å². The van der Waals surface area contributed by atoms with Crippen LogP contribution < -0.4 is 16.4 Å². The van der Waals surface area contributed by atoms with Gasteiger partial charge in [-0.15, -0.1) is 0 Å². The number of amides is 3. The number of benzene rings is 2. The minimum Gasteiger partial charge on any atom is -0.399 e. The Morgan fingerprint density at radius 3 is 2.43 bits per heavy atom. The standard InChI is InChI=1S/C16H15N3O2/c17-13-7-6-11(10-4-2-1-3-5-10)8-12(13)9-14-15(20)19-16(21)18-14/h1-8,14H,9,17H2,(H2,18,19,20,21). The Balaban J connectivity index is 1.89. The van der Waals surface area contributed by atoms with Crippen molar-refractivity contribution in [2.24, 2.45) is 0 Å². The summed E-state index contributed by atoms with van der Waals surface area (Å²) in [7, 11) is 0. The van der Waals surface area contributed by atoms with Gasteiger partial charge in [-0.3, -0.25) is 10.1 Å². The molecule has 5 nitrogen and oxygen atoms in total. The molecule has 2 aromatic rings. The molecule has 1 aliphatic heterocycles.